The van der Waals surface area contributed by atoms with E-state index < -0.39 is 11.9 Å². The highest BCUT2D eigenvalue weighted by Gasteiger charge is 2.21. The van der Waals surface area contributed by atoms with E-state index in [1.807, 2.05) is 0 Å². The van der Waals surface area contributed by atoms with Gasteiger partial charge in [0.1, 0.15) is 17.3 Å². The van der Waals surface area contributed by atoms with E-state index in [2.05, 4.69) is 15.9 Å². The first kappa shape index (κ1) is 16.1. The average molecular weight is 375 g/mol. The second-order valence-corrected chi connectivity index (χ2v) is 5.58. The molecular formula is C15H14BrClFNO2. The first-order valence-corrected chi connectivity index (χ1v) is 7.27. The van der Waals surface area contributed by atoms with Crippen molar-refractivity contribution in [2.24, 2.45) is 5.73 Å². The molecule has 21 heavy (non-hydrogen) atoms. The molecule has 3 nitrogen and oxygen atoms in total. The second-order valence-electron chi connectivity index (χ2n) is 4.35. The molecule has 0 aromatic heterocycles. The molecule has 1 atom stereocenters. The number of rotatable bonds is 4. The van der Waals surface area contributed by atoms with Gasteiger partial charge < -0.3 is 15.2 Å². The van der Waals surface area contributed by atoms with E-state index in [0.717, 1.165) is 0 Å². The molecule has 0 aliphatic rings. The van der Waals surface area contributed by atoms with Gasteiger partial charge in [0.25, 0.3) is 0 Å². The molecule has 0 amide bonds. The zero-order chi connectivity index (χ0) is 15.6. The van der Waals surface area contributed by atoms with Gasteiger partial charge in [0.2, 0.25) is 0 Å². The Bertz CT molecular complexity index is 666. The van der Waals surface area contributed by atoms with Gasteiger partial charge in [-0.3, -0.25) is 0 Å². The van der Waals surface area contributed by atoms with Crippen LogP contribution >= 0.6 is 27.5 Å². The van der Waals surface area contributed by atoms with Gasteiger partial charge in [0.15, 0.2) is 0 Å². The Morgan fingerprint density at radius 3 is 2.48 bits per heavy atom. The van der Waals surface area contributed by atoms with E-state index >= 15 is 0 Å². The summed E-state index contributed by atoms with van der Waals surface area (Å²) in [6, 6.07) is 7.73. The maximum absolute atomic E-state index is 14.3. The Morgan fingerprint density at radius 1 is 1.14 bits per heavy atom. The van der Waals surface area contributed by atoms with Crippen molar-refractivity contribution >= 4 is 27.5 Å². The summed E-state index contributed by atoms with van der Waals surface area (Å²) < 4.78 is 25.2. The normalized spacial score (nSPS) is 12.1. The van der Waals surface area contributed by atoms with Gasteiger partial charge in [-0.15, -0.1) is 0 Å². The van der Waals surface area contributed by atoms with Crippen molar-refractivity contribution in [1.29, 1.82) is 0 Å². The van der Waals surface area contributed by atoms with Crippen LogP contribution in [-0.2, 0) is 0 Å². The van der Waals surface area contributed by atoms with Crippen LogP contribution in [-0.4, -0.2) is 14.2 Å². The Balaban J connectivity index is 2.54. The van der Waals surface area contributed by atoms with Crippen LogP contribution in [0, 0.1) is 5.82 Å². The van der Waals surface area contributed by atoms with Gasteiger partial charge in [-0.05, 0) is 40.2 Å². The quantitative estimate of drug-likeness (QED) is 0.811. The third kappa shape index (κ3) is 3.15. The average Bonchev–Trinajstić information content (AvgIpc) is 2.51. The number of hydrogen-bond acceptors (Lipinski definition) is 3. The largest absolute Gasteiger partial charge is 0.497 e. The third-order valence-corrected chi connectivity index (χ3v) is 4.43. The minimum atomic E-state index is -0.722. The smallest absolute Gasteiger partial charge is 0.148 e. The third-order valence-electron chi connectivity index (χ3n) is 3.17. The topological polar surface area (TPSA) is 44.5 Å². The van der Waals surface area contributed by atoms with Crippen LogP contribution in [0.25, 0.3) is 0 Å². The van der Waals surface area contributed by atoms with Crippen molar-refractivity contribution in [2.75, 3.05) is 14.2 Å². The van der Waals surface area contributed by atoms with Crippen molar-refractivity contribution in [3.05, 3.63) is 56.8 Å². The van der Waals surface area contributed by atoms with Gasteiger partial charge in [0, 0.05) is 15.6 Å². The lowest BCUT2D eigenvalue weighted by Crippen LogP contribution is -2.15. The summed E-state index contributed by atoms with van der Waals surface area (Å²) in [7, 11) is 3.08. The number of halogens is 3. The Morgan fingerprint density at radius 2 is 1.86 bits per heavy atom. The Kier molecular flexibility index (Phi) is 5.08. The highest BCUT2D eigenvalue weighted by molar-refractivity contribution is 9.10. The highest BCUT2D eigenvalue weighted by Crippen LogP contribution is 2.36. The Hall–Kier alpha value is -1.30. The van der Waals surface area contributed by atoms with Crippen molar-refractivity contribution in [1.82, 2.24) is 0 Å². The molecule has 1 unspecified atom stereocenters. The number of ether oxygens (including phenoxy) is 2. The first-order chi connectivity index (χ1) is 9.99. The molecule has 2 rings (SSSR count). The fourth-order valence-electron chi connectivity index (χ4n) is 2.03. The molecule has 0 saturated heterocycles. The van der Waals surface area contributed by atoms with E-state index in [1.165, 1.54) is 7.11 Å². The van der Waals surface area contributed by atoms with Crippen LogP contribution in [0.5, 0.6) is 11.5 Å². The molecule has 2 N–H and O–H groups in total. The number of hydrogen-bond donors (Lipinski definition) is 1. The maximum Gasteiger partial charge on any atom is 0.148 e. The summed E-state index contributed by atoms with van der Waals surface area (Å²) in [6.07, 6.45) is 0. The van der Waals surface area contributed by atoms with E-state index in [0.29, 0.717) is 21.5 Å². The van der Waals surface area contributed by atoms with E-state index in [1.54, 1.807) is 37.4 Å². The van der Waals surface area contributed by atoms with Crippen molar-refractivity contribution in [3.63, 3.8) is 0 Å². The van der Waals surface area contributed by atoms with Crippen LogP contribution in [0.1, 0.15) is 17.2 Å². The molecule has 0 spiro atoms. The highest BCUT2D eigenvalue weighted by atomic mass is 79.9. The fourth-order valence-corrected chi connectivity index (χ4v) is 2.51. The van der Waals surface area contributed by atoms with Gasteiger partial charge in [0.05, 0.1) is 25.3 Å². The van der Waals surface area contributed by atoms with Crippen LogP contribution in [0.15, 0.2) is 34.8 Å². The molecule has 0 heterocycles. The summed E-state index contributed by atoms with van der Waals surface area (Å²) in [5.41, 5.74) is 7.09. The molecule has 2 aromatic rings. The van der Waals surface area contributed by atoms with Gasteiger partial charge in [-0.2, -0.15) is 0 Å². The lowest BCUT2D eigenvalue weighted by molar-refractivity contribution is 0.396. The summed E-state index contributed by atoms with van der Waals surface area (Å²) in [5, 5.41) is 0.00446. The molecule has 0 radical (unpaired) electrons. The molecule has 6 heteroatoms. The van der Waals surface area contributed by atoms with Crippen LogP contribution in [0.2, 0.25) is 5.02 Å². The molecule has 112 valence electrons. The van der Waals surface area contributed by atoms with Crippen molar-refractivity contribution in [3.8, 4) is 11.5 Å². The van der Waals surface area contributed by atoms with E-state index in [9.17, 15) is 4.39 Å². The summed E-state index contributed by atoms with van der Waals surface area (Å²) in [4.78, 5) is 0. The lowest BCUT2D eigenvalue weighted by atomic mass is 9.98. The predicted octanol–water partition coefficient (Wildman–Crippen LogP) is 4.31. The van der Waals surface area contributed by atoms with Crippen LogP contribution < -0.4 is 15.2 Å². The summed E-state index contributed by atoms with van der Waals surface area (Å²) in [5.74, 6) is 0.620. The molecule has 2 aromatic carbocycles. The molecular weight excluding hydrogens is 361 g/mol. The van der Waals surface area contributed by atoms with Gasteiger partial charge in [-0.25, -0.2) is 4.39 Å². The molecule has 0 aliphatic heterocycles. The molecule has 0 saturated carbocycles. The second kappa shape index (κ2) is 6.64. The fraction of sp³-hybridized carbons (Fsp3) is 0.200. The standard InChI is InChI=1S/C15H14BrClFNO2/c1-20-8-3-6-12(21-2)10(7-8)15(19)9-4-5-11(16)13(17)14(9)18/h3-7,15H,19H2,1-2H3. The van der Waals surface area contributed by atoms with Crippen LogP contribution in [0.4, 0.5) is 4.39 Å². The van der Waals surface area contributed by atoms with Crippen molar-refractivity contribution in [2.45, 2.75) is 6.04 Å². The number of methoxy groups -OCH3 is 2. The zero-order valence-corrected chi connectivity index (χ0v) is 13.8. The Labute approximate surface area is 135 Å². The monoisotopic (exact) mass is 373 g/mol. The lowest BCUT2D eigenvalue weighted by Gasteiger charge is -2.18. The zero-order valence-electron chi connectivity index (χ0n) is 11.5. The number of benzene rings is 2. The summed E-state index contributed by atoms with van der Waals surface area (Å²) >= 11 is 9.09. The van der Waals surface area contributed by atoms with Gasteiger partial charge >= 0.3 is 0 Å². The minimum Gasteiger partial charge on any atom is -0.497 e. The first-order valence-electron chi connectivity index (χ1n) is 6.10. The van der Waals surface area contributed by atoms with Crippen molar-refractivity contribution < 1.29 is 13.9 Å². The van der Waals surface area contributed by atoms with Gasteiger partial charge in [-0.1, -0.05) is 17.7 Å². The number of nitrogens with two attached hydrogens (primary N) is 1. The molecule has 0 aliphatic carbocycles. The van der Waals surface area contributed by atoms with Crippen LogP contribution in [0.3, 0.4) is 0 Å². The van der Waals surface area contributed by atoms with E-state index in [4.69, 9.17) is 26.8 Å². The molecule has 0 fully saturated rings. The minimum absolute atomic E-state index is 0.00446. The maximum atomic E-state index is 14.3. The molecule has 0 bridgehead atoms. The summed E-state index contributed by atoms with van der Waals surface area (Å²) in [6.45, 7) is 0. The SMILES string of the molecule is COc1ccc(OC)c(C(N)c2ccc(Br)c(Cl)c2F)c1. The van der Waals surface area contributed by atoms with E-state index in [-0.39, 0.29) is 10.6 Å². The predicted molar refractivity (Wildman–Crippen MR) is 84.7 cm³/mol.